The van der Waals surface area contributed by atoms with Crippen molar-refractivity contribution in [2.45, 2.75) is 32.4 Å². The number of carbonyl (C=O) groups is 3. The fourth-order valence-corrected chi connectivity index (χ4v) is 1.94. The van der Waals surface area contributed by atoms with Crippen LogP contribution in [0.4, 0.5) is 18.0 Å². The first kappa shape index (κ1) is 18.7. The van der Waals surface area contributed by atoms with Crippen LogP contribution in [0.15, 0.2) is 18.2 Å². The Bertz CT molecular complexity index is 714. The van der Waals surface area contributed by atoms with Crippen molar-refractivity contribution < 1.29 is 41.8 Å². The van der Waals surface area contributed by atoms with Gasteiger partial charge in [-0.05, 0) is 18.2 Å². The zero-order valence-electron chi connectivity index (χ0n) is 13.2. The summed E-state index contributed by atoms with van der Waals surface area (Å²) in [5.74, 6) is -3.52. The molecular formula is C15H14F3NO6. The fourth-order valence-electron chi connectivity index (χ4n) is 1.94. The Morgan fingerprint density at radius 2 is 1.96 bits per heavy atom. The standard InChI is InChI=1S/C15H14F3NO6/c1-14(2)23-7-9-5-8(3-4-11(9)25-14)10(20)6-19-13(22)24-12(21)15(16,17)18/h3-5H,6-7H2,1-2H3,(H,19,22). The number of halogens is 3. The van der Waals surface area contributed by atoms with Gasteiger partial charge in [-0.2, -0.15) is 13.2 Å². The third-order valence-electron chi connectivity index (χ3n) is 3.12. The molecule has 0 radical (unpaired) electrons. The lowest BCUT2D eigenvalue weighted by molar-refractivity contribution is -0.192. The normalized spacial score (nSPS) is 15.6. The van der Waals surface area contributed by atoms with Gasteiger partial charge < -0.3 is 19.5 Å². The lowest BCUT2D eigenvalue weighted by Gasteiger charge is -2.32. The second kappa shape index (κ2) is 6.71. The van der Waals surface area contributed by atoms with Gasteiger partial charge in [-0.1, -0.05) is 0 Å². The highest BCUT2D eigenvalue weighted by Crippen LogP contribution is 2.31. The van der Waals surface area contributed by atoms with Gasteiger partial charge in [0.05, 0.1) is 13.2 Å². The number of alkyl carbamates (subject to hydrolysis) is 1. The van der Waals surface area contributed by atoms with Crippen LogP contribution in [-0.4, -0.2) is 36.4 Å². The number of hydrogen-bond acceptors (Lipinski definition) is 6. The third-order valence-corrected chi connectivity index (χ3v) is 3.12. The molecule has 1 aromatic carbocycles. The maximum absolute atomic E-state index is 12.0. The van der Waals surface area contributed by atoms with Crippen molar-refractivity contribution >= 4 is 17.8 Å². The largest absolute Gasteiger partial charge is 0.491 e. The summed E-state index contributed by atoms with van der Waals surface area (Å²) < 4.78 is 50.3. The van der Waals surface area contributed by atoms with E-state index >= 15 is 0 Å². The molecule has 0 atom stereocenters. The molecule has 1 aromatic rings. The van der Waals surface area contributed by atoms with Crippen molar-refractivity contribution in [3.63, 3.8) is 0 Å². The van der Waals surface area contributed by atoms with E-state index in [1.54, 1.807) is 25.2 Å². The molecule has 0 saturated heterocycles. The van der Waals surface area contributed by atoms with Crippen LogP contribution in [0.3, 0.4) is 0 Å². The summed E-state index contributed by atoms with van der Waals surface area (Å²) in [6, 6.07) is 4.48. The minimum Gasteiger partial charge on any atom is -0.463 e. The number of ether oxygens (including phenoxy) is 3. The van der Waals surface area contributed by atoms with Crippen molar-refractivity contribution in [2.75, 3.05) is 6.54 Å². The number of amides is 1. The zero-order valence-corrected chi connectivity index (χ0v) is 13.2. The Kier molecular flexibility index (Phi) is 5.02. The van der Waals surface area contributed by atoms with Crippen molar-refractivity contribution in [3.8, 4) is 5.75 Å². The summed E-state index contributed by atoms with van der Waals surface area (Å²) in [5.41, 5.74) is 0.799. The molecule has 0 spiro atoms. The molecule has 1 N–H and O–H groups in total. The van der Waals surface area contributed by atoms with Gasteiger partial charge in [0.2, 0.25) is 5.79 Å². The van der Waals surface area contributed by atoms with E-state index in [0.29, 0.717) is 11.3 Å². The zero-order chi connectivity index (χ0) is 18.8. The molecule has 0 unspecified atom stereocenters. The van der Waals surface area contributed by atoms with Crippen LogP contribution in [0.5, 0.6) is 5.75 Å². The first-order valence-corrected chi connectivity index (χ1v) is 7.04. The monoisotopic (exact) mass is 361 g/mol. The summed E-state index contributed by atoms with van der Waals surface area (Å²) >= 11 is 0. The molecule has 10 heteroatoms. The smallest absolute Gasteiger partial charge is 0.463 e. The Morgan fingerprint density at radius 3 is 2.60 bits per heavy atom. The predicted molar refractivity (Wildman–Crippen MR) is 75.8 cm³/mol. The van der Waals surface area contributed by atoms with Gasteiger partial charge in [-0.3, -0.25) is 4.79 Å². The lowest BCUT2D eigenvalue weighted by Crippen LogP contribution is -2.36. The van der Waals surface area contributed by atoms with E-state index in [1.807, 2.05) is 0 Å². The number of ketones is 1. The van der Waals surface area contributed by atoms with Gasteiger partial charge >= 0.3 is 18.2 Å². The number of fused-ring (bicyclic) bond motifs is 1. The van der Waals surface area contributed by atoms with Gasteiger partial charge in [0.1, 0.15) is 5.75 Å². The molecular weight excluding hydrogens is 347 g/mol. The van der Waals surface area contributed by atoms with Crippen molar-refractivity contribution in [2.24, 2.45) is 0 Å². The summed E-state index contributed by atoms with van der Waals surface area (Å²) in [7, 11) is 0. The number of nitrogens with one attached hydrogen (secondary N) is 1. The van der Waals surface area contributed by atoms with E-state index in [-0.39, 0.29) is 12.2 Å². The average molecular weight is 361 g/mol. The lowest BCUT2D eigenvalue weighted by atomic mass is 10.1. The van der Waals surface area contributed by atoms with Crippen LogP contribution in [-0.2, 0) is 20.9 Å². The van der Waals surface area contributed by atoms with Crippen molar-refractivity contribution in [1.29, 1.82) is 0 Å². The molecule has 25 heavy (non-hydrogen) atoms. The molecule has 0 aliphatic carbocycles. The Hall–Kier alpha value is -2.62. The first-order valence-electron chi connectivity index (χ1n) is 7.04. The highest BCUT2D eigenvalue weighted by atomic mass is 19.4. The average Bonchev–Trinajstić information content (AvgIpc) is 2.50. The third kappa shape index (κ3) is 4.92. The SMILES string of the molecule is CC1(C)OCc2cc(C(=O)CNC(=O)OC(=O)C(F)(F)F)ccc2O1. The van der Waals surface area contributed by atoms with Crippen LogP contribution in [0.1, 0.15) is 29.8 Å². The minimum atomic E-state index is -5.30. The Labute approximate surface area is 140 Å². The molecule has 0 saturated carbocycles. The van der Waals surface area contributed by atoms with Crippen LogP contribution in [0.2, 0.25) is 0 Å². The van der Waals surface area contributed by atoms with Crippen molar-refractivity contribution in [3.05, 3.63) is 29.3 Å². The van der Waals surface area contributed by atoms with Gasteiger partial charge in [0.25, 0.3) is 0 Å². The van der Waals surface area contributed by atoms with E-state index in [0.717, 1.165) is 0 Å². The van der Waals surface area contributed by atoms with E-state index in [4.69, 9.17) is 9.47 Å². The van der Waals surface area contributed by atoms with Crippen LogP contribution in [0, 0.1) is 0 Å². The number of Topliss-reactive ketones (excluding diaryl/α,β-unsaturated/α-hetero) is 1. The number of esters is 1. The summed E-state index contributed by atoms with van der Waals surface area (Å²) in [6.07, 6.45) is -6.96. The summed E-state index contributed by atoms with van der Waals surface area (Å²) in [5, 5.41) is 1.78. The fraction of sp³-hybridized carbons (Fsp3) is 0.400. The van der Waals surface area contributed by atoms with E-state index in [2.05, 4.69) is 4.74 Å². The number of hydrogen-bond donors (Lipinski definition) is 1. The topological polar surface area (TPSA) is 90.9 Å². The highest BCUT2D eigenvalue weighted by molar-refractivity contribution is 5.99. The van der Waals surface area contributed by atoms with Gasteiger partial charge in [-0.15, -0.1) is 0 Å². The van der Waals surface area contributed by atoms with Crippen LogP contribution in [0.25, 0.3) is 0 Å². The second-order valence-electron chi connectivity index (χ2n) is 5.56. The maximum Gasteiger partial charge on any atom is 0.491 e. The van der Waals surface area contributed by atoms with E-state index in [9.17, 15) is 27.6 Å². The molecule has 0 bridgehead atoms. The molecule has 7 nitrogen and oxygen atoms in total. The minimum absolute atomic E-state index is 0.188. The van der Waals surface area contributed by atoms with Crippen LogP contribution >= 0.6 is 0 Å². The number of benzene rings is 1. The highest BCUT2D eigenvalue weighted by Gasteiger charge is 2.42. The summed E-state index contributed by atoms with van der Waals surface area (Å²) in [4.78, 5) is 33.6. The van der Waals surface area contributed by atoms with E-state index in [1.165, 1.54) is 12.1 Å². The molecule has 2 rings (SSSR count). The maximum atomic E-state index is 12.0. The predicted octanol–water partition coefficient (Wildman–Crippen LogP) is 2.33. The molecule has 1 amide bonds. The van der Waals surface area contributed by atoms with Crippen LogP contribution < -0.4 is 10.1 Å². The Balaban J connectivity index is 1.94. The molecule has 1 aliphatic rings. The molecule has 136 valence electrons. The number of rotatable bonds is 3. The molecule has 0 aromatic heterocycles. The number of alkyl halides is 3. The van der Waals surface area contributed by atoms with Gasteiger partial charge in [-0.25, -0.2) is 9.59 Å². The molecule has 1 heterocycles. The first-order chi connectivity index (χ1) is 11.5. The quantitative estimate of drug-likeness (QED) is 0.505. The molecule has 1 aliphatic heterocycles. The van der Waals surface area contributed by atoms with E-state index < -0.39 is 36.4 Å². The van der Waals surface area contributed by atoms with Crippen molar-refractivity contribution in [1.82, 2.24) is 5.32 Å². The summed E-state index contributed by atoms with van der Waals surface area (Å²) in [6.45, 7) is 3.02. The Morgan fingerprint density at radius 1 is 1.28 bits per heavy atom. The van der Waals surface area contributed by atoms with Gasteiger partial charge in [0.15, 0.2) is 5.78 Å². The van der Waals surface area contributed by atoms with Gasteiger partial charge in [0, 0.05) is 25.0 Å². The second-order valence-corrected chi connectivity index (χ2v) is 5.56. The number of carbonyl (C=O) groups excluding carboxylic acids is 3. The molecule has 0 fully saturated rings.